The molecule has 0 saturated carbocycles. The van der Waals surface area contributed by atoms with Crippen molar-refractivity contribution >= 4 is 0 Å². The lowest BCUT2D eigenvalue weighted by Gasteiger charge is -2.10. The van der Waals surface area contributed by atoms with E-state index < -0.39 is 0 Å². The molecule has 0 aliphatic heterocycles. The molecular formula is C11H17NO3. The lowest BCUT2D eigenvalue weighted by Crippen LogP contribution is -2.04. The van der Waals surface area contributed by atoms with Crippen molar-refractivity contribution in [3.63, 3.8) is 0 Å². The number of aliphatic hydroxyl groups is 1. The molecule has 0 amide bonds. The Kier molecular flexibility index (Phi) is 5.07. The molecule has 0 fully saturated rings. The molecule has 1 heterocycles. The average molecular weight is 211 g/mol. The molecule has 84 valence electrons. The predicted octanol–water partition coefficient (Wildman–Crippen LogP) is 1.30. The maximum atomic E-state index is 9.07. The molecule has 1 N–H and O–H groups in total. The molecule has 0 atom stereocenters. The number of rotatable bonds is 6. The predicted molar refractivity (Wildman–Crippen MR) is 56.9 cm³/mol. The van der Waals surface area contributed by atoms with Crippen LogP contribution >= 0.6 is 0 Å². The van der Waals surface area contributed by atoms with E-state index in [4.69, 9.17) is 14.6 Å². The molecule has 1 rings (SSSR count). The molecule has 0 aliphatic carbocycles. The zero-order valence-electron chi connectivity index (χ0n) is 9.19. The van der Waals surface area contributed by atoms with Crippen LogP contribution in [0.4, 0.5) is 0 Å². The second-order valence-corrected chi connectivity index (χ2v) is 3.29. The lowest BCUT2D eigenvalue weighted by atomic mass is 10.2. The molecule has 1 aromatic heterocycles. The van der Waals surface area contributed by atoms with Crippen molar-refractivity contribution in [2.24, 2.45) is 0 Å². The summed E-state index contributed by atoms with van der Waals surface area (Å²) >= 11 is 0. The van der Waals surface area contributed by atoms with Crippen molar-refractivity contribution < 1.29 is 14.6 Å². The fraction of sp³-hybridized carbons (Fsp3) is 0.545. The van der Waals surface area contributed by atoms with Gasteiger partial charge in [0.05, 0.1) is 13.2 Å². The first-order chi connectivity index (χ1) is 7.27. The van der Waals surface area contributed by atoms with Gasteiger partial charge in [-0.25, -0.2) is 0 Å². The van der Waals surface area contributed by atoms with Crippen LogP contribution in [0.25, 0.3) is 0 Å². The third-order valence-electron chi connectivity index (χ3n) is 2.00. The molecule has 0 aliphatic rings. The van der Waals surface area contributed by atoms with Gasteiger partial charge in [-0.15, -0.1) is 0 Å². The molecule has 15 heavy (non-hydrogen) atoms. The Bertz CT molecular complexity index is 302. The Labute approximate surface area is 89.9 Å². The summed E-state index contributed by atoms with van der Waals surface area (Å²) in [5.41, 5.74) is 1.60. The van der Waals surface area contributed by atoms with Gasteiger partial charge in [-0.3, -0.25) is 4.98 Å². The quantitative estimate of drug-likeness (QED) is 0.720. The van der Waals surface area contributed by atoms with Crippen LogP contribution in [-0.2, 0) is 11.3 Å². The van der Waals surface area contributed by atoms with Crippen molar-refractivity contribution in [2.45, 2.75) is 20.0 Å². The molecule has 0 bridgehead atoms. The first-order valence-electron chi connectivity index (χ1n) is 4.96. The Hall–Kier alpha value is -1.13. The largest absolute Gasteiger partial charge is 0.493 e. The first kappa shape index (κ1) is 11.9. The summed E-state index contributed by atoms with van der Waals surface area (Å²) in [4.78, 5) is 4.09. The van der Waals surface area contributed by atoms with Crippen LogP contribution in [-0.4, -0.2) is 30.4 Å². The molecular weight excluding hydrogens is 194 g/mol. The first-order valence-corrected chi connectivity index (χ1v) is 4.96. The molecule has 0 aromatic carbocycles. The second kappa shape index (κ2) is 6.37. The summed E-state index contributed by atoms with van der Waals surface area (Å²) in [6.07, 6.45) is 2.48. The molecule has 4 heteroatoms. The number of aromatic nitrogens is 1. The van der Waals surface area contributed by atoms with E-state index in [1.165, 1.54) is 0 Å². The van der Waals surface area contributed by atoms with E-state index in [1.54, 1.807) is 13.3 Å². The number of aryl methyl sites for hydroxylation is 1. The van der Waals surface area contributed by atoms with Crippen molar-refractivity contribution in [3.8, 4) is 5.75 Å². The maximum absolute atomic E-state index is 9.07. The molecule has 0 unspecified atom stereocenters. The topological polar surface area (TPSA) is 51.6 Å². The van der Waals surface area contributed by atoms with E-state index in [0.29, 0.717) is 19.0 Å². The minimum atomic E-state index is -0.0487. The fourth-order valence-electron chi connectivity index (χ4n) is 1.20. The normalized spacial score (nSPS) is 10.3. The van der Waals surface area contributed by atoms with Crippen LogP contribution < -0.4 is 4.74 Å². The van der Waals surface area contributed by atoms with Crippen LogP contribution in [0.5, 0.6) is 5.75 Å². The summed E-state index contributed by atoms with van der Waals surface area (Å²) in [5.74, 6) is 0.709. The number of hydrogen-bond acceptors (Lipinski definition) is 4. The monoisotopic (exact) mass is 211 g/mol. The lowest BCUT2D eigenvalue weighted by molar-refractivity contribution is 0.170. The Morgan fingerprint density at radius 1 is 1.40 bits per heavy atom. The van der Waals surface area contributed by atoms with Gasteiger partial charge in [0.15, 0.2) is 0 Å². The minimum absolute atomic E-state index is 0.0487. The van der Waals surface area contributed by atoms with Gasteiger partial charge in [0.25, 0.3) is 0 Å². The summed E-state index contributed by atoms with van der Waals surface area (Å²) in [6, 6.07) is 1.83. The summed E-state index contributed by atoms with van der Waals surface area (Å²) in [5, 5.41) is 9.07. The zero-order valence-corrected chi connectivity index (χ0v) is 9.19. The van der Waals surface area contributed by atoms with Gasteiger partial charge in [-0.2, -0.15) is 0 Å². The van der Waals surface area contributed by atoms with Gasteiger partial charge < -0.3 is 14.6 Å². The van der Waals surface area contributed by atoms with Crippen LogP contribution in [0.3, 0.4) is 0 Å². The maximum Gasteiger partial charge on any atom is 0.128 e. The molecule has 0 saturated heterocycles. The Balaban J connectivity index is 2.54. The number of pyridine rings is 1. The van der Waals surface area contributed by atoms with Gasteiger partial charge in [0.1, 0.15) is 5.75 Å². The highest BCUT2D eigenvalue weighted by Crippen LogP contribution is 2.18. The summed E-state index contributed by atoms with van der Waals surface area (Å²) in [7, 11) is 1.66. The second-order valence-electron chi connectivity index (χ2n) is 3.29. The highest BCUT2D eigenvalue weighted by atomic mass is 16.5. The highest BCUT2D eigenvalue weighted by Gasteiger charge is 2.03. The van der Waals surface area contributed by atoms with Crippen molar-refractivity contribution in [3.05, 3.63) is 23.5 Å². The summed E-state index contributed by atoms with van der Waals surface area (Å²) < 4.78 is 10.4. The third kappa shape index (κ3) is 3.85. The number of ether oxygens (including phenoxy) is 2. The van der Waals surface area contributed by atoms with E-state index in [2.05, 4.69) is 4.98 Å². The van der Waals surface area contributed by atoms with Gasteiger partial charge in [-0.1, -0.05) is 0 Å². The Morgan fingerprint density at radius 2 is 2.20 bits per heavy atom. The zero-order chi connectivity index (χ0) is 11.1. The van der Waals surface area contributed by atoms with Crippen molar-refractivity contribution in [1.82, 2.24) is 4.98 Å². The molecule has 4 nitrogen and oxygen atoms in total. The SMILES string of the molecule is COCCCOc1cc(C)ncc1CO. The minimum Gasteiger partial charge on any atom is -0.493 e. The standard InChI is InChI=1S/C11H17NO3/c1-9-6-11(10(8-13)7-12-9)15-5-3-4-14-2/h6-7,13H,3-5,8H2,1-2H3. The van der Waals surface area contributed by atoms with E-state index >= 15 is 0 Å². The average Bonchev–Trinajstić information content (AvgIpc) is 2.25. The number of nitrogens with zero attached hydrogens (tertiary/aromatic N) is 1. The summed E-state index contributed by atoms with van der Waals surface area (Å²) in [6.45, 7) is 3.11. The van der Waals surface area contributed by atoms with E-state index in [-0.39, 0.29) is 6.61 Å². The fourth-order valence-corrected chi connectivity index (χ4v) is 1.20. The van der Waals surface area contributed by atoms with Crippen LogP contribution in [0.1, 0.15) is 17.7 Å². The van der Waals surface area contributed by atoms with Crippen LogP contribution in [0, 0.1) is 6.92 Å². The van der Waals surface area contributed by atoms with Gasteiger partial charge in [0, 0.05) is 43.7 Å². The van der Waals surface area contributed by atoms with Crippen molar-refractivity contribution in [2.75, 3.05) is 20.3 Å². The highest BCUT2D eigenvalue weighted by molar-refractivity contribution is 5.32. The van der Waals surface area contributed by atoms with Gasteiger partial charge in [-0.05, 0) is 6.92 Å². The van der Waals surface area contributed by atoms with E-state index in [0.717, 1.165) is 17.7 Å². The van der Waals surface area contributed by atoms with Crippen molar-refractivity contribution in [1.29, 1.82) is 0 Å². The number of methoxy groups -OCH3 is 1. The smallest absolute Gasteiger partial charge is 0.128 e. The molecule has 1 aromatic rings. The van der Waals surface area contributed by atoms with Gasteiger partial charge in [0.2, 0.25) is 0 Å². The van der Waals surface area contributed by atoms with E-state index in [1.807, 2.05) is 13.0 Å². The molecule has 0 spiro atoms. The third-order valence-corrected chi connectivity index (χ3v) is 2.00. The van der Waals surface area contributed by atoms with Gasteiger partial charge >= 0.3 is 0 Å². The number of aliphatic hydroxyl groups excluding tert-OH is 1. The molecule has 0 radical (unpaired) electrons. The Morgan fingerprint density at radius 3 is 2.87 bits per heavy atom. The van der Waals surface area contributed by atoms with Crippen LogP contribution in [0.15, 0.2) is 12.3 Å². The van der Waals surface area contributed by atoms with E-state index in [9.17, 15) is 0 Å². The number of hydrogen-bond donors (Lipinski definition) is 1. The van der Waals surface area contributed by atoms with Crippen LogP contribution in [0.2, 0.25) is 0 Å².